The average molecular weight is 404 g/mol. The van der Waals surface area contributed by atoms with Gasteiger partial charge in [-0.2, -0.15) is 0 Å². The number of guanidine groups is 1. The van der Waals surface area contributed by atoms with E-state index in [1.165, 1.54) is 0 Å². The van der Waals surface area contributed by atoms with Gasteiger partial charge in [0.05, 0.1) is 0 Å². The molecule has 160 valence electrons. The summed E-state index contributed by atoms with van der Waals surface area (Å²) >= 11 is 0. The van der Waals surface area contributed by atoms with Gasteiger partial charge in [0.15, 0.2) is 5.96 Å². The summed E-state index contributed by atoms with van der Waals surface area (Å²) in [4.78, 5) is 27.5. The molecule has 0 spiro atoms. The number of aliphatic imine (C=N–C) groups is 1. The van der Waals surface area contributed by atoms with Gasteiger partial charge in [0.2, 0.25) is 5.91 Å². The van der Waals surface area contributed by atoms with E-state index >= 15 is 0 Å². The maximum atomic E-state index is 11.8. The minimum atomic E-state index is -0.523. The third-order valence-electron chi connectivity index (χ3n) is 4.19. The number of anilines is 1. The maximum absolute atomic E-state index is 11.8. The van der Waals surface area contributed by atoms with Crippen molar-refractivity contribution in [2.75, 3.05) is 32.0 Å². The number of carbonyl (C=O) groups excluding carboxylic acids is 2. The summed E-state index contributed by atoms with van der Waals surface area (Å²) in [5.74, 6) is 1.09. The zero-order chi connectivity index (χ0) is 21.3. The summed E-state index contributed by atoms with van der Waals surface area (Å²) in [5.41, 5.74) is 1.31. The van der Waals surface area contributed by atoms with Crippen molar-refractivity contribution in [2.24, 2.45) is 10.9 Å². The van der Waals surface area contributed by atoms with Gasteiger partial charge >= 0.3 is 6.09 Å². The number of hydrogen-bond donors (Lipinski definition) is 4. The van der Waals surface area contributed by atoms with E-state index < -0.39 is 11.7 Å². The Kier molecular flexibility index (Phi) is 8.30. The van der Waals surface area contributed by atoms with E-state index in [4.69, 9.17) is 4.74 Å². The minimum absolute atomic E-state index is 0.152. The molecule has 1 aromatic carbocycles. The zero-order valence-corrected chi connectivity index (χ0v) is 17.8. The Morgan fingerprint density at radius 1 is 1.03 bits per heavy atom. The van der Waals surface area contributed by atoms with E-state index in [1.54, 1.807) is 7.05 Å². The van der Waals surface area contributed by atoms with Crippen molar-refractivity contribution in [1.82, 2.24) is 16.0 Å². The SMILES string of the molecule is CN=C(NCCNC(=O)C1CC1)NCCc1ccc(NC(=O)OC(C)(C)C)cc1. The van der Waals surface area contributed by atoms with Crippen LogP contribution in [0.3, 0.4) is 0 Å². The lowest BCUT2D eigenvalue weighted by Crippen LogP contribution is -2.42. The zero-order valence-electron chi connectivity index (χ0n) is 17.8. The molecule has 4 N–H and O–H groups in total. The van der Waals surface area contributed by atoms with Crippen LogP contribution in [0.25, 0.3) is 0 Å². The lowest BCUT2D eigenvalue weighted by atomic mass is 10.1. The fourth-order valence-corrected chi connectivity index (χ4v) is 2.58. The van der Waals surface area contributed by atoms with Crippen LogP contribution in [0, 0.1) is 5.92 Å². The molecule has 1 aliphatic rings. The van der Waals surface area contributed by atoms with Crippen LogP contribution in [0.4, 0.5) is 10.5 Å². The lowest BCUT2D eigenvalue weighted by molar-refractivity contribution is -0.122. The molecule has 2 rings (SSSR count). The Morgan fingerprint density at radius 2 is 1.66 bits per heavy atom. The second-order valence-electron chi connectivity index (χ2n) is 8.06. The third kappa shape index (κ3) is 9.32. The molecule has 2 amide bonds. The van der Waals surface area contributed by atoms with Gasteiger partial charge in [0.1, 0.15) is 5.60 Å². The molecule has 1 aromatic rings. The van der Waals surface area contributed by atoms with Crippen LogP contribution in [-0.2, 0) is 16.0 Å². The number of rotatable bonds is 8. The van der Waals surface area contributed by atoms with Crippen LogP contribution < -0.4 is 21.3 Å². The number of ether oxygens (including phenoxy) is 1. The van der Waals surface area contributed by atoms with Gasteiger partial charge in [-0.3, -0.25) is 15.1 Å². The summed E-state index contributed by atoms with van der Waals surface area (Å²) in [6.07, 6.45) is 2.38. The standard InChI is InChI=1S/C21H33N5O3/c1-21(2,3)29-20(28)26-17-9-5-15(6-10-17)11-12-24-19(22-4)25-14-13-23-18(27)16-7-8-16/h5-6,9-10,16H,7-8,11-14H2,1-4H3,(H,23,27)(H,26,28)(H2,22,24,25). The van der Waals surface area contributed by atoms with E-state index in [1.807, 2.05) is 45.0 Å². The molecule has 0 saturated heterocycles. The molecule has 1 aliphatic carbocycles. The highest BCUT2D eigenvalue weighted by atomic mass is 16.6. The second kappa shape index (κ2) is 10.7. The first-order valence-electron chi connectivity index (χ1n) is 10.1. The molecule has 0 bridgehead atoms. The number of amides is 2. The van der Waals surface area contributed by atoms with Crippen LogP contribution in [0.15, 0.2) is 29.3 Å². The molecule has 1 fully saturated rings. The van der Waals surface area contributed by atoms with E-state index in [0.717, 1.165) is 24.8 Å². The van der Waals surface area contributed by atoms with Gasteiger partial charge in [-0.05, 0) is 57.7 Å². The Bertz CT molecular complexity index is 706. The largest absolute Gasteiger partial charge is 0.444 e. The maximum Gasteiger partial charge on any atom is 0.412 e. The van der Waals surface area contributed by atoms with Crippen LogP contribution in [-0.4, -0.2) is 50.2 Å². The second-order valence-corrected chi connectivity index (χ2v) is 8.06. The highest BCUT2D eigenvalue weighted by Gasteiger charge is 2.28. The van der Waals surface area contributed by atoms with Crippen molar-refractivity contribution in [1.29, 1.82) is 0 Å². The van der Waals surface area contributed by atoms with Gasteiger partial charge in [-0.25, -0.2) is 4.79 Å². The molecule has 0 unspecified atom stereocenters. The fraction of sp³-hybridized carbons (Fsp3) is 0.571. The molecule has 0 aromatic heterocycles. The number of carbonyl (C=O) groups is 2. The first-order chi connectivity index (χ1) is 13.8. The first-order valence-corrected chi connectivity index (χ1v) is 10.1. The van der Waals surface area contributed by atoms with Crippen LogP contribution in [0.1, 0.15) is 39.2 Å². The summed E-state index contributed by atoms with van der Waals surface area (Å²) in [7, 11) is 1.72. The highest BCUT2D eigenvalue weighted by Crippen LogP contribution is 2.28. The number of benzene rings is 1. The first kappa shape index (κ1) is 22.5. The molecule has 0 aliphatic heterocycles. The Hall–Kier alpha value is -2.77. The van der Waals surface area contributed by atoms with Crippen molar-refractivity contribution in [3.8, 4) is 0 Å². The van der Waals surface area contributed by atoms with Gasteiger partial charge in [-0.1, -0.05) is 12.1 Å². The van der Waals surface area contributed by atoms with Crippen LogP contribution in [0.5, 0.6) is 0 Å². The molecule has 8 heteroatoms. The third-order valence-corrected chi connectivity index (χ3v) is 4.19. The van der Waals surface area contributed by atoms with Crippen molar-refractivity contribution in [3.63, 3.8) is 0 Å². The molecular weight excluding hydrogens is 370 g/mol. The summed E-state index contributed by atoms with van der Waals surface area (Å²) in [6, 6.07) is 7.65. The van der Waals surface area contributed by atoms with Crippen molar-refractivity contribution in [3.05, 3.63) is 29.8 Å². The summed E-state index contributed by atoms with van der Waals surface area (Å²) < 4.78 is 5.24. The van der Waals surface area contributed by atoms with Crippen molar-refractivity contribution < 1.29 is 14.3 Å². The molecule has 0 radical (unpaired) electrons. The molecule has 0 atom stereocenters. The highest BCUT2D eigenvalue weighted by molar-refractivity contribution is 5.84. The molecule has 1 saturated carbocycles. The molecule has 29 heavy (non-hydrogen) atoms. The van der Waals surface area contributed by atoms with E-state index in [9.17, 15) is 9.59 Å². The Labute approximate surface area is 172 Å². The van der Waals surface area contributed by atoms with Crippen molar-refractivity contribution in [2.45, 2.75) is 45.6 Å². The molecular formula is C21H33N5O3. The van der Waals surface area contributed by atoms with E-state index in [-0.39, 0.29) is 11.8 Å². The quantitative estimate of drug-likeness (QED) is 0.303. The van der Waals surface area contributed by atoms with E-state index in [0.29, 0.717) is 31.3 Å². The van der Waals surface area contributed by atoms with Gasteiger partial charge < -0.3 is 20.7 Å². The van der Waals surface area contributed by atoms with Crippen molar-refractivity contribution >= 4 is 23.6 Å². The predicted octanol–water partition coefficient (Wildman–Crippen LogP) is 2.27. The monoisotopic (exact) mass is 403 g/mol. The Balaban J connectivity index is 1.64. The fourth-order valence-electron chi connectivity index (χ4n) is 2.58. The van der Waals surface area contributed by atoms with E-state index in [2.05, 4.69) is 26.3 Å². The van der Waals surface area contributed by atoms with Gasteiger partial charge in [0, 0.05) is 38.3 Å². The normalized spacial score (nSPS) is 14.1. The lowest BCUT2D eigenvalue weighted by Gasteiger charge is -2.19. The van der Waals surface area contributed by atoms with Gasteiger partial charge in [-0.15, -0.1) is 0 Å². The van der Waals surface area contributed by atoms with Crippen LogP contribution >= 0.6 is 0 Å². The Morgan fingerprint density at radius 3 is 2.24 bits per heavy atom. The minimum Gasteiger partial charge on any atom is -0.444 e. The average Bonchev–Trinajstić information content (AvgIpc) is 3.48. The summed E-state index contributed by atoms with van der Waals surface area (Å²) in [5, 5.41) is 12.1. The van der Waals surface area contributed by atoms with Crippen LogP contribution in [0.2, 0.25) is 0 Å². The number of hydrogen-bond acceptors (Lipinski definition) is 4. The smallest absolute Gasteiger partial charge is 0.412 e. The molecule has 0 heterocycles. The summed E-state index contributed by atoms with van der Waals surface area (Å²) in [6.45, 7) is 7.42. The van der Waals surface area contributed by atoms with Gasteiger partial charge in [0.25, 0.3) is 0 Å². The topological polar surface area (TPSA) is 104 Å². The predicted molar refractivity (Wildman–Crippen MR) is 115 cm³/mol. The number of nitrogens with zero attached hydrogens (tertiary/aromatic N) is 1. The number of nitrogens with one attached hydrogen (secondary N) is 4. The molecule has 8 nitrogen and oxygen atoms in total.